The van der Waals surface area contributed by atoms with Gasteiger partial charge in [-0.1, -0.05) is 122 Å². The SMILES string of the molecule is Cc1cc(-n2c3[c-]c(Oc4[c-]c(N5[CH-]N(c6cc(C(C)(C)C)cc(C(C)(C)C)c6)c6ccccc65)ccc4)ccc3c3ccccc32)ncc1-c1cccc(CC(C)C)c1.[Pt]. The molecule has 0 spiro atoms. The fraction of sp³-hybridized carbons (Fsp3) is 0.236. The predicted molar refractivity (Wildman–Crippen MR) is 250 cm³/mol. The number of ether oxygens (including phenoxy) is 1. The number of nitrogens with zero attached hydrogens (tertiary/aromatic N) is 4. The van der Waals surface area contributed by atoms with Crippen molar-refractivity contribution in [2.45, 2.75) is 79.6 Å². The Labute approximate surface area is 376 Å². The summed E-state index contributed by atoms with van der Waals surface area (Å²) in [5.41, 5.74) is 13.7. The van der Waals surface area contributed by atoms with Gasteiger partial charge in [-0.15, -0.1) is 48.1 Å². The summed E-state index contributed by atoms with van der Waals surface area (Å²) >= 11 is 0. The van der Waals surface area contributed by atoms with Crippen molar-refractivity contribution in [1.29, 1.82) is 0 Å². The minimum Gasteiger partial charge on any atom is -0.509 e. The summed E-state index contributed by atoms with van der Waals surface area (Å²) in [6.45, 7) is 22.6. The van der Waals surface area contributed by atoms with Gasteiger partial charge in [-0.2, -0.15) is 12.1 Å². The maximum absolute atomic E-state index is 6.62. The van der Waals surface area contributed by atoms with E-state index in [1.54, 1.807) is 0 Å². The van der Waals surface area contributed by atoms with Crippen LogP contribution in [0.1, 0.15) is 77.6 Å². The largest absolute Gasteiger partial charge is 0.509 e. The van der Waals surface area contributed by atoms with Gasteiger partial charge in [-0.05, 0) is 99.7 Å². The van der Waals surface area contributed by atoms with Crippen molar-refractivity contribution in [2.24, 2.45) is 5.92 Å². The summed E-state index contributed by atoms with van der Waals surface area (Å²) < 4.78 is 8.82. The normalized spacial score (nSPS) is 13.0. The molecule has 0 atom stereocenters. The summed E-state index contributed by atoms with van der Waals surface area (Å²) in [5.74, 6) is 2.66. The molecule has 0 fully saturated rings. The molecule has 6 aromatic carbocycles. The van der Waals surface area contributed by atoms with Crippen molar-refractivity contribution in [1.82, 2.24) is 9.55 Å². The van der Waals surface area contributed by atoms with Gasteiger partial charge in [0.05, 0.1) is 0 Å². The first-order valence-electron chi connectivity index (χ1n) is 21.1. The third kappa shape index (κ3) is 8.25. The molecule has 0 radical (unpaired) electrons. The van der Waals surface area contributed by atoms with Crippen LogP contribution in [0.5, 0.6) is 11.5 Å². The Bertz CT molecular complexity index is 2860. The van der Waals surface area contributed by atoms with E-state index in [1.807, 2.05) is 24.4 Å². The topological polar surface area (TPSA) is 33.5 Å². The molecule has 1 aliphatic rings. The van der Waals surface area contributed by atoms with E-state index in [1.165, 1.54) is 27.8 Å². The van der Waals surface area contributed by atoms with Gasteiger partial charge in [0.1, 0.15) is 5.82 Å². The van der Waals surface area contributed by atoms with E-state index in [2.05, 4.69) is 205 Å². The molecule has 6 heteroatoms. The van der Waals surface area contributed by atoms with Gasteiger partial charge in [-0.25, -0.2) is 4.98 Å². The Morgan fingerprint density at radius 1 is 0.672 bits per heavy atom. The minimum absolute atomic E-state index is 0. The van der Waals surface area contributed by atoms with Gasteiger partial charge in [0.15, 0.2) is 0 Å². The summed E-state index contributed by atoms with van der Waals surface area (Å²) in [6.07, 6.45) is 3.07. The summed E-state index contributed by atoms with van der Waals surface area (Å²) in [6, 6.07) is 52.5. The van der Waals surface area contributed by atoms with Gasteiger partial charge >= 0.3 is 0 Å². The zero-order chi connectivity index (χ0) is 41.9. The van der Waals surface area contributed by atoms with Crippen LogP contribution in [0.2, 0.25) is 0 Å². The number of aromatic nitrogens is 2. The van der Waals surface area contributed by atoms with Crippen molar-refractivity contribution in [3.8, 4) is 28.4 Å². The van der Waals surface area contributed by atoms with Crippen molar-refractivity contribution >= 4 is 44.6 Å². The van der Waals surface area contributed by atoms with E-state index >= 15 is 0 Å². The Balaban J connectivity index is 0.00000514. The fourth-order valence-corrected chi connectivity index (χ4v) is 8.35. The van der Waals surface area contributed by atoms with Crippen LogP contribution in [-0.4, -0.2) is 9.55 Å². The molecule has 1 aliphatic heterocycles. The Hall–Kier alpha value is -5.64. The van der Waals surface area contributed by atoms with E-state index in [-0.39, 0.29) is 31.9 Å². The number of para-hydroxylation sites is 3. The molecule has 0 bridgehead atoms. The number of aryl methyl sites for hydroxylation is 1. The molecule has 0 N–H and O–H groups in total. The molecule has 8 aromatic rings. The molecule has 9 rings (SSSR count). The van der Waals surface area contributed by atoms with Crippen LogP contribution in [-0.2, 0) is 38.3 Å². The van der Waals surface area contributed by atoms with Crippen LogP contribution >= 0.6 is 0 Å². The molecular weight excluding hydrogens is 928 g/mol. The molecule has 0 saturated carbocycles. The maximum atomic E-state index is 6.62. The van der Waals surface area contributed by atoms with Crippen LogP contribution in [0.3, 0.4) is 0 Å². The number of benzene rings is 6. The number of rotatable bonds is 8. The average Bonchev–Trinajstić information content (AvgIpc) is 3.76. The summed E-state index contributed by atoms with van der Waals surface area (Å²) in [4.78, 5) is 9.58. The number of hydrogen-bond donors (Lipinski definition) is 0. The molecule has 0 unspecified atom stereocenters. The Kier molecular flexibility index (Phi) is 11.3. The zero-order valence-corrected chi connectivity index (χ0v) is 38.8. The molecule has 3 heterocycles. The van der Waals surface area contributed by atoms with E-state index in [0.717, 1.165) is 62.4 Å². The van der Waals surface area contributed by atoms with Crippen LogP contribution in [0, 0.1) is 31.6 Å². The van der Waals surface area contributed by atoms with Gasteiger partial charge in [0, 0.05) is 66.9 Å². The summed E-state index contributed by atoms with van der Waals surface area (Å²) in [5, 5.41) is 2.23. The summed E-state index contributed by atoms with van der Waals surface area (Å²) in [7, 11) is 0. The van der Waals surface area contributed by atoms with E-state index in [0.29, 0.717) is 17.4 Å². The Morgan fingerprint density at radius 2 is 1.34 bits per heavy atom. The van der Waals surface area contributed by atoms with Gasteiger partial charge < -0.3 is 19.1 Å². The third-order valence-corrected chi connectivity index (χ3v) is 11.6. The smallest absolute Gasteiger partial charge is 0.135 e. The second kappa shape index (κ2) is 16.3. The van der Waals surface area contributed by atoms with Crippen molar-refractivity contribution in [3.63, 3.8) is 0 Å². The number of fused-ring (bicyclic) bond motifs is 4. The molecule has 0 aliphatic carbocycles. The molecule has 5 nitrogen and oxygen atoms in total. The third-order valence-electron chi connectivity index (χ3n) is 11.6. The predicted octanol–water partition coefficient (Wildman–Crippen LogP) is 14.7. The first kappa shape index (κ1) is 42.1. The molecule has 61 heavy (non-hydrogen) atoms. The zero-order valence-electron chi connectivity index (χ0n) is 36.6. The first-order chi connectivity index (χ1) is 28.7. The second-order valence-electron chi connectivity index (χ2n) is 18.7. The monoisotopic (exact) mass is 980 g/mol. The Morgan fingerprint density at radius 3 is 2.05 bits per heavy atom. The number of anilines is 4. The molecule has 2 aromatic heterocycles. The molecular formula is C55H53N4OPt-3. The number of hydrogen-bond acceptors (Lipinski definition) is 4. The van der Waals surface area contributed by atoms with Crippen LogP contribution in [0.25, 0.3) is 38.8 Å². The maximum Gasteiger partial charge on any atom is 0.135 e. The van der Waals surface area contributed by atoms with Crippen molar-refractivity contribution in [3.05, 3.63) is 175 Å². The van der Waals surface area contributed by atoms with Crippen LogP contribution < -0.4 is 14.5 Å². The fourth-order valence-electron chi connectivity index (χ4n) is 8.35. The van der Waals surface area contributed by atoms with Crippen molar-refractivity contribution < 1.29 is 25.8 Å². The average molecular weight is 981 g/mol. The second-order valence-corrected chi connectivity index (χ2v) is 18.7. The molecule has 312 valence electrons. The van der Waals surface area contributed by atoms with E-state index < -0.39 is 0 Å². The van der Waals surface area contributed by atoms with Crippen LogP contribution in [0.15, 0.2) is 134 Å². The van der Waals surface area contributed by atoms with Gasteiger partial charge in [0.25, 0.3) is 0 Å². The minimum atomic E-state index is 0. The van der Waals surface area contributed by atoms with Gasteiger partial charge in [-0.3, -0.25) is 0 Å². The van der Waals surface area contributed by atoms with Crippen LogP contribution in [0.4, 0.5) is 22.7 Å². The van der Waals surface area contributed by atoms with E-state index in [9.17, 15) is 0 Å². The molecule has 0 amide bonds. The first-order valence-corrected chi connectivity index (χ1v) is 21.1. The van der Waals surface area contributed by atoms with Gasteiger partial charge in [0.2, 0.25) is 0 Å². The number of pyridine rings is 1. The van der Waals surface area contributed by atoms with E-state index in [4.69, 9.17) is 9.72 Å². The quantitative estimate of drug-likeness (QED) is 0.142. The standard InChI is InChI=1S/C55H53N4O.Pt/c1-36(2)26-38-16-14-17-39(28-38)48-34-56-53(27-37(48)3)59-49-21-11-10-20-46(49)47-25-24-45(33-52(47)59)60-44-19-15-18-42(32-44)57-35-58(51-23-13-12-22-50(51)57)43-30-40(54(4,5)6)29-41(31-43)55(7,8)9;/h10-25,27-31,34-36H,26H2,1-9H3;/q-3;. The molecule has 0 saturated heterocycles. The van der Waals surface area contributed by atoms with Crippen molar-refractivity contribution in [2.75, 3.05) is 9.80 Å².